The smallest absolute Gasteiger partial charge is 0.226 e. The van der Waals surface area contributed by atoms with E-state index in [1.54, 1.807) is 16.3 Å². The van der Waals surface area contributed by atoms with Crippen molar-refractivity contribution in [3.05, 3.63) is 29.0 Å². The Morgan fingerprint density at radius 2 is 2.44 bits per heavy atom. The molecule has 18 heavy (non-hydrogen) atoms. The minimum atomic E-state index is -0.0517. The van der Waals surface area contributed by atoms with E-state index in [-0.39, 0.29) is 12.3 Å². The monoisotopic (exact) mass is 265 g/mol. The standard InChI is InChI=1S/C11H15N5OS/c1-8-5-14-16(6-8)3-2-13-10(17)4-9-7-18-11(12)15-9/h5-7H,2-4H2,1H3,(H2,12,15)(H,13,17). The van der Waals surface area contributed by atoms with Gasteiger partial charge in [-0.2, -0.15) is 5.10 Å². The Morgan fingerprint density at radius 1 is 1.61 bits per heavy atom. The number of carbonyl (C=O) groups excluding carboxylic acids is 1. The number of nitrogens with two attached hydrogens (primary N) is 1. The lowest BCUT2D eigenvalue weighted by atomic mass is 10.3. The van der Waals surface area contributed by atoms with Crippen LogP contribution in [-0.4, -0.2) is 27.2 Å². The first-order valence-electron chi connectivity index (χ1n) is 5.59. The van der Waals surface area contributed by atoms with Gasteiger partial charge in [0.15, 0.2) is 5.13 Å². The van der Waals surface area contributed by atoms with Gasteiger partial charge in [0.2, 0.25) is 5.91 Å². The van der Waals surface area contributed by atoms with E-state index in [9.17, 15) is 4.79 Å². The van der Waals surface area contributed by atoms with Gasteiger partial charge >= 0.3 is 0 Å². The van der Waals surface area contributed by atoms with E-state index in [1.807, 2.05) is 13.1 Å². The molecule has 0 bridgehead atoms. The predicted molar refractivity (Wildman–Crippen MR) is 70.2 cm³/mol. The molecule has 0 saturated carbocycles. The summed E-state index contributed by atoms with van der Waals surface area (Å²) in [5.41, 5.74) is 7.32. The molecule has 0 aliphatic rings. The second-order valence-corrected chi connectivity index (χ2v) is 4.87. The number of thiazole rings is 1. The largest absolute Gasteiger partial charge is 0.375 e. The van der Waals surface area contributed by atoms with Crippen LogP contribution in [0.2, 0.25) is 0 Å². The molecule has 0 atom stereocenters. The molecule has 2 rings (SSSR count). The summed E-state index contributed by atoms with van der Waals surface area (Å²) in [5.74, 6) is -0.0517. The van der Waals surface area contributed by atoms with Gasteiger partial charge < -0.3 is 11.1 Å². The topological polar surface area (TPSA) is 85.8 Å². The predicted octanol–water partition coefficient (Wildman–Crippen LogP) is 0.589. The zero-order valence-electron chi connectivity index (χ0n) is 10.1. The minimum absolute atomic E-state index is 0.0517. The number of hydrogen-bond donors (Lipinski definition) is 2. The van der Waals surface area contributed by atoms with Gasteiger partial charge in [-0.25, -0.2) is 4.98 Å². The van der Waals surface area contributed by atoms with Crippen LogP contribution in [0.4, 0.5) is 5.13 Å². The molecular weight excluding hydrogens is 250 g/mol. The lowest BCUT2D eigenvalue weighted by Crippen LogP contribution is -2.28. The highest BCUT2D eigenvalue weighted by molar-refractivity contribution is 7.13. The SMILES string of the molecule is Cc1cnn(CCNC(=O)Cc2csc(N)n2)c1. The number of hydrogen-bond acceptors (Lipinski definition) is 5. The highest BCUT2D eigenvalue weighted by Crippen LogP contribution is 2.11. The van der Waals surface area contributed by atoms with Gasteiger partial charge in [0.25, 0.3) is 0 Å². The Bertz CT molecular complexity index is 533. The first kappa shape index (κ1) is 12.6. The molecule has 2 aromatic rings. The summed E-state index contributed by atoms with van der Waals surface area (Å²) in [7, 11) is 0. The summed E-state index contributed by atoms with van der Waals surface area (Å²) < 4.78 is 1.80. The van der Waals surface area contributed by atoms with Crippen molar-refractivity contribution in [2.45, 2.75) is 19.9 Å². The van der Waals surface area contributed by atoms with E-state index >= 15 is 0 Å². The molecule has 6 nitrogen and oxygen atoms in total. The maximum atomic E-state index is 11.6. The van der Waals surface area contributed by atoms with Crippen molar-refractivity contribution >= 4 is 22.4 Å². The molecule has 0 aliphatic heterocycles. The molecule has 0 unspecified atom stereocenters. The summed E-state index contributed by atoms with van der Waals surface area (Å²) in [5, 5.41) is 9.25. The molecule has 0 aromatic carbocycles. The fraction of sp³-hybridized carbons (Fsp3) is 0.364. The Balaban J connectivity index is 1.72. The number of rotatable bonds is 5. The lowest BCUT2D eigenvalue weighted by Gasteiger charge is -2.04. The van der Waals surface area contributed by atoms with Crippen molar-refractivity contribution in [2.24, 2.45) is 0 Å². The summed E-state index contributed by atoms with van der Waals surface area (Å²) in [6, 6.07) is 0. The van der Waals surface area contributed by atoms with Crippen molar-refractivity contribution in [1.82, 2.24) is 20.1 Å². The number of amides is 1. The molecule has 3 N–H and O–H groups in total. The zero-order valence-corrected chi connectivity index (χ0v) is 10.9. The summed E-state index contributed by atoms with van der Waals surface area (Å²) in [4.78, 5) is 15.6. The van der Waals surface area contributed by atoms with E-state index in [1.165, 1.54) is 11.3 Å². The number of anilines is 1. The van der Waals surface area contributed by atoms with Crippen LogP contribution in [0.5, 0.6) is 0 Å². The van der Waals surface area contributed by atoms with E-state index in [4.69, 9.17) is 5.73 Å². The number of nitrogen functional groups attached to an aromatic ring is 1. The molecule has 0 saturated heterocycles. The van der Waals surface area contributed by atoms with Crippen molar-refractivity contribution in [1.29, 1.82) is 0 Å². The van der Waals surface area contributed by atoms with Crippen molar-refractivity contribution in [2.75, 3.05) is 12.3 Å². The first-order valence-corrected chi connectivity index (χ1v) is 6.47. The van der Waals surface area contributed by atoms with Gasteiger partial charge in [-0.3, -0.25) is 9.48 Å². The van der Waals surface area contributed by atoms with Crippen LogP contribution in [0.3, 0.4) is 0 Å². The lowest BCUT2D eigenvalue weighted by molar-refractivity contribution is -0.120. The summed E-state index contributed by atoms with van der Waals surface area (Å²) >= 11 is 1.34. The van der Waals surface area contributed by atoms with Crippen LogP contribution in [0.25, 0.3) is 0 Å². The molecule has 0 radical (unpaired) electrons. The van der Waals surface area contributed by atoms with Crippen molar-refractivity contribution < 1.29 is 4.79 Å². The Morgan fingerprint density at radius 3 is 3.06 bits per heavy atom. The zero-order chi connectivity index (χ0) is 13.0. The van der Waals surface area contributed by atoms with Crippen LogP contribution in [0, 0.1) is 6.92 Å². The van der Waals surface area contributed by atoms with Gasteiger partial charge in [0.05, 0.1) is 24.9 Å². The third-order valence-corrected chi connectivity index (χ3v) is 3.06. The fourth-order valence-electron chi connectivity index (χ4n) is 1.53. The van der Waals surface area contributed by atoms with Gasteiger partial charge in [0, 0.05) is 18.1 Å². The molecule has 2 heterocycles. The van der Waals surface area contributed by atoms with Gasteiger partial charge in [0.1, 0.15) is 0 Å². The Kier molecular flexibility index (Phi) is 3.93. The van der Waals surface area contributed by atoms with E-state index < -0.39 is 0 Å². The molecule has 2 aromatic heterocycles. The number of carbonyl (C=O) groups is 1. The molecule has 1 amide bonds. The van der Waals surface area contributed by atoms with Gasteiger partial charge in [-0.15, -0.1) is 11.3 Å². The third-order valence-electron chi connectivity index (χ3n) is 2.34. The number of aryl methyl sites for hydroxylation is 1. The van der Waals surface area contributed by atoms with Crippen LogP contribution < -0.4 is 11.1 Å². The fourth-order valence-corrected chi connectivity index (χ4v) is 2.09. The number of aromatic nitrogens is 3. The van der Waals surface area contributed by atoms with Gasteiger partial charge in [-0.05, 0) is 12.5 Å². The van der Waals surface area contributed by atoms with Crippen molar-refractivity contribution in [3.8, 4) is 0 Å². The maximum absolute atomic E-state index is 11.6. The Labute approximate surface area is 109 Å². The highest BCUT2D eigenvalue weighted by Gasteiger charge is 2.06. The first-order chi connectivity index (χ1) is 8.63. The molecule has 0 fully saturated rings. The van der Waals surface area contributed by atoms with E-state index in [0.717, 1.165) is 5.56 Å². The van der Waals surface area contributed by atoms with E-state index in [0.29, 0.717) is 23.9 Å². The number of nitrogens with one attached hydrogen (secondary N) is 1. The van der Waals surface area contributed by atoms with Gasteiger partial charge in [-0.1, -0.05) is 0 Å². The summed E-state index contributed by atoms with van der Waals surface area (Å²) in [6.45, 7) is 3.20. The second-order valence-electron chi connectivity index (χ2n) is 3.98. The van der Waals surface area contributed by atoms with Crippen LogP contribution in [-0.2, 0) is 17.8 Å². The summed E-state index contributed by atoms with van der Waals surface area (Å²) in [6.07, 6.45) is 4.00. The van der Waals surface area contributed by atoms with Crippen LogP contribution in [0.1, 0.15) is 11.3 Å². The van der Waals surface area contributed by atoms with E-state index in [2.05, 4.69) is 15.4 Å². The molecule has 7 heteroatoms. The highest BCUT2D eigenvalue weighted by atomic mass is 32.1. The van der Waals surface area contributed by atoms with Crippen LogP contribution in [0.15, 0.2) is 17.8 Å². The molecule has 96 valence electrons. The molecule has 0 spiro atoms. The third kappa shape index (κ3) is 3.56. The van der Waals surface area contributed by atoms with Crippen LogP contribution >= 0.6 is 11.3 Å². The molecule has 0 aliphatic carbocycles. The molecular formula is C11H15N5OS. The Hall–Kier alpha value is -1.89. The average molecular weight is 265 g/mol. The minimum Gasteiger partial charge on any atom is -0.375 e. The average Bonchev–Trinajstić information content (AvgIpc) is 2.88. The quantitative estimate of drug-likeness (QED) is 0.828. The number of nitrogens with zero attached hydrogens (tertiary/aromatic N) is 3. The van der Waals surface area contributed by atoms with Crippen molar-refractivity contribution in [3.63, 3.8) is 0 Å². The normalized spacial score (nSPS) is 10.5. The maximum Gasteiger partial charge on any atom is 0.226 e. The second kappa shape index (κ2) is 5.63.